The second-order valence-corrected chi connectivity index (χ2v) is 9.50. The third kappa shape index (κ3) is 4.28. The highest BCUT2D eigenvalue weighted by Crippen LogP contribution is 2.53. The average Bonchev–Trinajstić information content (AvgIpc) is 3.18. The first kappa shape index (κ1) is 21.1. The molecule has 0 bridgehead atoms. The van der Waals surface area contributed by atoms with E-state index in [2.05, 4.69) is 31.7 Å². The summed E-state index contributed by atoms with van der Waals surface area (Å²) >= 11 is 1.68. The van der Waals surface area contributed by atoms with Crippen LogP contribution >= 0.6 is 11.9 Å². The number of hydrogen-bond acceptors (Lipinski definition) is 6. The highest BCUT2D eigenvalue weighted by Gasteiger charge is 2.55. The minimum absolute atomic E-state index is 0.235. The van der Waals surface area contributed by atoms with Crippen LogP contribution in [0.3, 0.4) is 0 Å². The smallest absolute Gasteiger partial charge is 0.153 e. The van der Waals surface area contributed by atoms with E-state index in [4.69, 9.17) is 5.11 Å². The van der Waals surface area contributed by atoms with Crippen LogP contribution in [0.25, 0.3) is 16.6 Å². The lowest BCUT2D eigenvalue weighted by molar-refractivity contribution is 0.250. The molecule has 1 saturated carbocycles. The molecule has 1 N–H and O–H groups in total. The van der Waals surface area contributed by atoms with Gasteiger partial charge in [0.25, 0.3) is 0 Å². The Morgan fingerprint density at radius 2 is 1.81 bits per heavy atom. The fourth-order valence-electron chi connectivity index (χ4n) is 4.37. The summed E-state index contributed by atoms with van der Waals surface area (Å²) in [4.78, 5) is 1.58. The number of rotatable bonds is 4. The maximum Gasteiger partial charge on any atom is 0.153 e. The standard InChI is InChI=1S/C14H11FN2.C9H14N4OS/c1-10-2-3-11-9-16-17(14(11)8-10)13-6-4-12(15)5-7-13;1-12-10-2-9(11-12)15-13-3-6-7(4-13)8(6)5-14/h2-9H,1H3;2,6-8,14H,3-5H2,1H3. The van der Waals surface area contributed by atoms with Gasteiger partial charge in [-0.15, -0.1) is 5.10 Å². The van der Waals surface area contributed by atoms with Crippen LogP contribution in [0.15, 0.2) is 59.9 Å². The van der Waals surface area contributed by atoms with Crippen molar-refractivity contribution in [1.82, 2.24) is 29.1 Å². The lowest BCUT2D eigenvalue weighted by Gasteiger charge is -2.15. The second kappa shape index (κ2) is 8.65. The second-order valence-electron chi connectivity index (χ2n) is 8.38. The Bertz CT molecular complexity index is 1210. The average molecular weight is 453 g/mol. The third-order valence-corrected chi connectivity index (χ3v) is 7.08. The van der Waals surface area contributed by atoms with Gasteiger partial charge in [-0.1, -0.05) is 12.1 Å². The Morgan fingerprint density at radius 3 is 2.47 bits per heavy atom. The van der Waals surface area contributed by atoms with Gasteiger partial charge in [-0.2, -0.15) is 15.0 Å². The van der Waals surface area contributed by atoms with Crippen LogP contribution in [-0.2, 0) is 7.05 Å². The van der Waals surface area contributed by atoms with E-state index in [1.807, 2.05) is 30.9 Å². The molecule has 166 valence electrons. The van der Waals surface area contributed by atoms with Gasteiger partial charge in [0.2, 0.25) is 0 Å². The molecular formula is C23H25FN6OS. The van der Waals surface area contributed by atoms with Crippen LogP contribution in [-0.4, -0.2) is 53.9 Å². The van der Waals surface area contributed by atoms with Crippen molar-refractivity contribution in [1.29, 1.82) is 0 Å². The van der Waals surface area contributed by atoms with Crippen LogP contribution < -0.4 is 0 Å². The van der Waals surface area contributed by atoms with Crippen molar-refractivity contribution in [3.63, 3.8) is 0 Å². The molecule has 2 atom stereocenters. The first-order valence-corrected chi connectivity index (χ1v) is 11.4. The van der Waals surface area contributed by atoms with Gasteiger partial charge < -0.3 is 5.11 Å². The maximum atomic E-state index is 12.9. The van der Waals surface area contributed by atoms with Gasteiger partial charge in [0.05, 0.1) is 23.6 Å². The van der Waals surface area contributed by atoms with Crippen molar-refractivity contribution < 1.29 is 9.50 Å². The number of halogens is 1. The summed E-state index contributed by atoms with van der Waals surface area (Å²) in [7, 11) is 1.83. The molecule has 7 nitrogen and oxygen atoms in total. The number of fused-ring (bicyclic) bond motifs is 2. The first-order valence-electron chi connectivity index (χ1n) is 10.6. The number of aliphatic hydroxyl groups excluding tert-OH is 1. The molecule has 2 unspecified atom stereocenters. The van der Waals surface area contributed by atoms with Crippen LogP contribution in [0.2, 0.25) is 0 Å². The van der Waals surface area contributed by atoms with E-state index in [1.165, 1.54) is 17.7 Å². The Morgan fingerprint density at radius 1 is 1.06 bits per heavy atom. The number of nitrogens with zero attached hydrogens (tertiary/aromatic N) is 6. The van der Waals surface area contributed by atoms with Gasteiger partial charge >= 0.3 is 0 Å². The third-order valence-electron chi connectivity index (χ3n) is 6.15. The molecule has 0 radical (unpaired) electrons. The van der Waals surface area contributed by atoms with Crippen LogP contribution in [0.1, 0.15) is 5.56 Å². The molecule has 2 aliphatic rings. The van der Waals surface area contributed by atoms with E-state index in [0.717, 1.165) is 46.5 Å². The lowest BCUT2D eigenvalue weighted by Crippen LogP contribution is -2.18. The van der Waals surface area contributed by atoms with E-state index in [-0.39, 0.29) is 5.82 Å². The molecule has 6 rings (SSSR count). The number of aliphatic hydroxyl groups is 1. The maximum absolute atomic E-state index is 12.9. The van der Waals surface area contributed by atoms with Gasteiger partial charge in [-0.25, -0.2) is 13.4 Å². The molecule has 2 aromatic carbocycles. The molecule has 3 heterocycles. The summed E-state index contributed by atoms with van der Waals surface area (Å²) in [6, 6.07) is 12.5. The van der Waals surface area contributed by atoms with Crippen molar-refractivity contribution >= 4 is 22.9 Å². The van der Waals surface area contributed by atoms with Gasteiger partial charge in [0.1, 0.15) is 5.82 Å². The molecule has 32 heavy (non-hydrogen) atoms. The zero-order valence-electron chi connectivity index (χ0n) is 18.0. The number of aromatic nitrogens is 5. The molecule has 0 amide bonds. The SMILES string of the molecule is Cc1ccc2cnn(-c3ccc(F)cc3)c2c1.Cn1ncc(SN2CC3C(CO)C3C2)n1. The van der Waals surface area contributed by atoms with E-state index >= 15 is 0 Å². The normalized spacial score (nSPS) is 21.9. The molecule has 2 aromatic heterocycles. The van der Waals surface area contributed by atoms with Crippen molar-refractivity contribution in [3.8, 4) is 5.69 Å². The van der Waals surface area contributed by atoms with E-state index in [9.17, 15) is 4.39 Å². The topological polar surface area (TPSA) is 72.0 Å². The van der Waals surface area contributed by atoms with Crippen molar-refractivity contribution in [3.05, 3.63) is 66.2 Å². The lowest BCUT2D eigenvalue weighted by atomic mass is 10.2. The van der Waals surface area contributed by atoms with Crippen molar-refractivity contribution in [2.24, 2.45) is 24.8 Å². The fraction of sp³-hybridized carbons (Fsp3) is 0.348. The Balaban J connectivity index is 0.000000136. The number of piperidine rings is 1. The van der Waals surface area contributed by atoms with Gasteiger partial charge in [0.15, 0.2) is 5.03 Å². The number of hydrogen-bond donors (Lipinski definition) is 1. The largest absolute Gasteiger partial charge is 0.396 e. The summed E-state index contributed by atoms with van der Waals surface area (Å²) in [5.74, 6) is 1.78. The Labute approximate surface area is 190 Å². The van der Waals surface area contributed by atoms with E-state index < -0.39 is 0 Å². The van der Waals surface area contributed by atoms with Crippen LogP contribution in [0.4, 0.5) is 4.39 Å². The summed E-state index contributed by atoms with van der Waals surface area (Å²) in [5.41, 5.74) is 3.09. The zero-order valence-corrected chi connectivity index (χ0v) is 18.8. The first-order chi connectivity index (χ1) is 15.5. The summed E-state index contributed by atoms with van der Waals surface area (Å²) < 4.78 is 17.0. The highest BCUT2D eigenvalue weighted by molar-refractivity contribution is 7.97. The van der Waals surface area contributed by atoms with Crippen LogP contribution in [0.5, 0.6) is 0 Å². The van der Waals surface area contributed by atoms with Gasteiger partial charge in [-0.05, 0) is 72.5 Å². The minimum atomic E-state index is -0.235. The Hall–Kier alpha value is -2.75. The zero-order chi connectivity index (χ0) is 22.2. The highest BCUT2D eigenvalue weighted by atomic mass is 32.2. The molecular weight excluding hydrogens is 427 g/mol. The summed E-state index contributed by atoms with van der Waals surface area (Å²) in [6.07, 6.45) is 3.61. The molecule has 9 heteroatoms. The minimum Gasteiger partial charge on any atom is -0.396 e. The molecule has 0 spiro atoms. The fourth-order valence-corrected chi connectivity index (χ4v) is 5.38. The van der Waals surface area contributed by atoms with Crippen molar-refractivity contribution in [2.45, 2.75) is 11.9 Å². The number of benzene rings is 2. The molecule has 1 aliphatic carbocycles. The molecule has 1 saturated heterocycles. The molecule has 4 aromatic rings. The predicted octanol–water partition coefficient (Wildman–Crippen LogP) is 3.47. The Kier molecular flexibility index (Phi) is 5.71. The van der Waals surface area contributed by atoms with Gasteiger partial charge in [0, 0.05) is 32.1 Å². The van der Waals surface area contributed by atoms with E-state index in [1.54, 1.807) is 35.1 Å². The summed E-state index contributed by atoms with van der Waals surface area (Å²) in [6.45, 7) is 4.56. The van der Waals surface area contributed by atoms with Gasteiger partial charge in [-0.3, -0.25) is 0 Å². The number of aryl methyl sites for hydroxylation is 2. The quantitative estimate of drug-likeness (QED) is 0.478. The molecule has 1 aliphatic heterocycles. The van der Waals surface area contributed by atoms with Crippen molar-refractivity contribution in [2.75, 3.05) is 19.7 Å². The molecule has 2 fully saturated rings. The predicted molar refractivity (Wildman–Crippen MR) is 122 cm³/mol. The van der Waals surface area contributed by atoms with E-state index in [0.29, 0.717) is 12.5 Å². The van der Waals surface area contributed by atoms with Crippen LogP contribution in [0, 0.1) is 30.5 Å². The summed E-state index contributed by atoms with van der Waals surface area (Å²) in [5, 5.41) is 23.7. The monoisotopic (exact) mass is 452 g/mol.